The average Bonchev–Trinajstić information content (AvgIpc) is 2.54. The molecule has 0 aromatic heterocycles. The summed E-state index contributed by atoms with van der Waals surface area (Å²) in [5.41, 5.74) is 0.556. The summed E-state index contributed by atoms with van der Waals surface area (Å²) in [6.45, 7) is 2.18. The lowest BCUT2D eigenvalue weighted by Gasteiger charge is -2.21. The van der Waals surface area contributed by atoms with E-state index in [1.54, 1.807) is 26.1 Å². The van der Waals surface area contributed by atoms with E-state index in [-0.39, 0.29) is 5.69 Å². The van der Waals surface area contributed by atoms with E-state index in [1.165, 1.54) is 0 Å². The Bertz CT molecular complexity index is 755. The molecule has 0 aliphatic heterocycles. The Labute approximate surface area is 143 Å². The molecule has 1 unspecified atom stereocenters. The van der Waals surface area contributed by atoms with Crippen molar-refractivity contribution in [3.63, 3.8) is 0 Å². The molecule has 0 bridgehead atoms. The highest BCUT2D eigenvalue weighted by molar-refractivity contribution is 6.30. The summed E-state index contributed by atoms with van der Waals surface area (Å²) in [7, 11) is 1.80. The lowest BCUT2D eigenvalue weighted by atomic mass is 10.2. The fourth-order valence-corrected chi connectivity index (χ4v) is 2.42. The Morgan fingerprint density at radius 3 is 2.58 bits per heavy atom. The molecule has 1 amide bonds. The lowest BCUT2D eigenvalue weighted by molar-refractivity contribution is -0.907. The van der Waals surface area contributed by atoms with Gasteiger partial charge in [0.25, 0.3) is 5.91 Å². The van der Waals surface area contributed by atoms with Crippen LogP contribution in [-0.2, 0) is 11.3 Å². The van der Waals surface area contributed by atoms with Crippen LogP contribution in [0.3, 0.4) is 0 Å². The zero-order chi connectivity index (χ0) is 17.9. The molecule has 3 nitrogen and oxygen atoms in total. The first kappa shape index (κ1) is 18.3. The topological polar surface area (TPSA) is 33.5 Å². The number of quaternary nitrogens is 1. The van der Waals surface area contributed by atoms with Crippen LogP contribution >= 0.6 is 11.6 Å². The molecule has 0 aliphatic rings. The summed E-state index contributed by atoms with van der Waals surface area (Å²) >= 11 is 5.93. The largest absolute Gasteiger partial charge is 0.324 e. The second-order valence-corrected chi connectivity index (χ2v) is 6.02. The maximum absolute atomic E-state index is 13.6. The third-order valence-electron chi connectivity index (χ3n) is 3.80. The summed E-state index contributed by atoms with van der Waals surface area (Å²) < 4.78 is 39.8. The zero-order valence-corrected chi connectivity index (χ0v) is 13.9. The summed E-state index contributed by atoms with van der Waals surface area (Å²) in [4.78, 5) is 13.0. The van der Waals surface area contributed by atoms with E-state index in [0.717, 1.165) is 22.6 Å². The number of carbonyl (C=O) groups excluding carboxylic acids is 1. The number of halogens is 4. The van der Waals surface area contributed by atoms with Crippen LogP contribution in [0.4, 0.5) is 18.9 Å². The number of carbonyl (C=O) groups is 1. The number of nitrogens with one attached hydrogen (secondary N) is 2. The van der Waals surface area contributed by atoms with Crippen molar-refractivity contribution < 1.29 is 22.9 Å². The molecule has 24 heavy (non-hydrogen) atoms. The van der Waals surface area contributed by atoms with Gasteiger partial charge in [0.15, 0.2) is 23.5 Å². The quantitative estimate of drug-likeness (QED) is 0.793. The summed E-state index contributed by atoms with van der Waals surface area (Å²) in [5.74, 6) is -4.83. The van der Waals surface area contributed by atoms with E-state index in [4.69, 9.17) is 11.6 Å². The maximum Gasteiger partial charge on any atom is 0.282 e. The predicted octanol–water partition coefficient (Wildman–Crippen LogP) is 2.80. The normalized spacial score (nSPS) is 13.4. The number of likely N-dealkylation sites (N-methyl/N-ethyl adjacent to an activating group) is 1. The summed E-state index contributed by atoms with van der Waals surface area (Å²) in [5, 5.41) is 2.89. The predicted molar refractivity (Wildman–Crippen MR) is 86.5 cm³/mol. The van der Waals surface area contributed by atoms with Crippen LogP contribution in [0.15, 0.2) is 36.4 Å². The van der Waals surface area contributed by atoms with Crippen molar-refractivity contribution in [2.75, 3.05) is 12.4 Å². The van der Waals surface area contributed by atoms with E-state index < -0.39 is 29.4 Å². The first-order valence-corrected chi connectivity index (χ1v) is 7.68. The highest BCUT2D eigenvalue weighted by Crippen LogP contribution is 2.19. The first-order valence-electron chi connectivity index (χ1n) is 7.30. The zero-order valence-electron chi connectivity index (χ0n) is 13.2. The number of benzene rings is 2. The van der Waals surface area contributed by atoms with Crippen molar-refractivity contribution in [3.8, 4) is 0 Å². The van der Waals surface area contributed by atoms with E-state index in [9.17, 15) is 18.0 Å². The van der Waals surface area contributed by atoms with Gasteiger partial charge in [-0.05, 0) is 31.2 Å². The van der Waals surface area contributed by atoms with Gasteiger partial charge in [-0.1, -0.05) is 23.7 Å². The second-order valence-electron chi connectivity index (χ2n) is 5.59. The molecule has 0 saturated carbocycles. The Hall–Kier alpha value is -2.05. The van der Waals surface area contributed by atoms with Crippen LogP contribution in [0.5, 0.6) is 0 Å². The molecule has 2 rings (SSSR count). The van der Waals surface area contributed by atoms with E-state index >= 15 is 0 Å². The monoisotopic (exact) mass is 357 g/mol. The third-order valence-corrected chi connectivity index (χ3v) is 4.03. The van der Waals surface area contributed by atoms with Crippen molar-refractivity contribution in [3.05, 3.63) is 64.4 Å². The van der Waals surface area contributed by atoms with E-state index in [1.807, 2.05) is 12.1 Å². The van der Waals surface area contributed by atoms with Crippen molar-refractivity contribution in [2.24, 2.45) is 0 Å². The molecule has 0 aliphatic carbocycles. The Morgan fingerprint density at radius 2 is 1.92 bits per heavy atom. The maximum atomic E-state index is 13.6. The molecule has 0 saturated heterocycles. The van der Waals surface area contributed by atoms with Crippen LogP contribution < -0.4 is 10.2 Å². The summed E-state index contributed by atoms with van der Waals surface area (Å²) in [6, 6.07) is 8.46. The minimum Gasteiger partial charge on any atom is -0.324 e. The third kappa shape index (κ3) is 4.27. The van der Waals surface area contributed by atoms with Crippen molar-refractivity contribution in [1.82, 2.24) is 0 Å². The number of rotatable bonds is 5. The van der Waals surface area contributed by atoms with Crippen LogP contribution in [-0.4, -0.2) is 19.0 Å². The van der Waals surface area contributed by atoms with Crippen molar-refractivity contribution >= 4 is 23.2 Å². The number of anilines is 1. The van der Waals surface area contributed by atoms with Gasteiger partial charge in [0, 0.05) is 10.6 Å². The molecular formula is C17H17ClF3N2O+. The molecule has 0 spiro atoms. The van der Waals surface area contributed by atoms with Crippen LogP contribution in [0.25, 0.3) is 0 Å². The highest BCUT2D eigenvalue weighted by atomic mass is 35.5. The molecule has 2 aromatic carbocycles. The molecule has 128 valence electrons. The van der Waals surface area contributed by atoms with E-state index in [0.29, 0.717) is 11.6 Å². The minimum atomic E-state index is -1.61. The molecule has 2 N–H and O–H groups in total. The van der Waals surface area contributed by atoms with Crippen LogP contribution in [0.2, 0.25) is 5.02 Å². The molecule has 2 atom stereocenters. The SMILES string of the molecule is C[C@@H](C(=O)Nc1ccc(F)c(F)c1F)[NH+](C)Cc1cccc(Cl)c1. The van der Waals surface area contributed by atoms with E-state index in [2.05, 4.69) is 5.32 Å². The summed E-state index contributed by atoms with van der Waals surface area (Å²) in [6.07, 6.45) is 0. The minimum absolute atomic E-state index is 0.388. The lowest BCUT2D eigenvalue weighted by Crippen LogP contribution is -3.12. The van der Waals surface area contributed by atoms with Crippen LogP contribution in [0, 0.1) is 17.5 Å². The Kier molecular flexibility index (Phi) is 5.85. The number of hydrogen-bond donors (Lipinski definition) is 2. The standard InChI is InChI=1S/C17H16ClF3N2O/c1-10(23(2)9-11-4-3-5-12(18)8-11)17(24)22-14-7-6-13(19)15(20)16(14)21/h3-8,10H,9H2,1-2H3,(H,22,24)/p+1/t10-/m0/s1. The Morgan fingerprint density at radius 1 is 1.21 bits per heavy atom. The highest BCUT2D eigenvalue weighted by Gasteiger charge is 2.24. The fourth-order valence-electron chi connectivity index (χ4n) is 2.21. The molecule has 0 heterocycles. The van der Waals surface area contributed by atoms with Gasteiger partial charge in [-0.3, -0.25) is 4.79 Å². The second kappa shape index (κ2) is 7.68. The van der Waals surface area contributed by atoms with Gasteiger partial charge < -0.3 is 10.2 Å². The average molecular weight is 358 g/mol. The van der Waals surface area contributed by atoms with Gasteiger partial charge in [-0.2, -0.15) is 0 Å². The number of hydrogen-bond acceptors (Lipinski definition) is 1. The first-order chi connectivity index (χ1) is 11.3. The van der Waals surface area contributed by atoms with Crippen LogP contribution in [0.1, 0.15) is 12.5 Å². The van der Waals surface area contributed by atoms with Crippen molar-refractivity contribution in [2.45, 2.75) is 19.5 Å². The molecule has 0 radical (unpaired) electrons. The number of amides is 1. The van der Waals surface area contributed by atoms with Gasteiger partial charge in [-0.15, -0.1) is 0 Å². The molecule has 0 fully saturated rings. The van der Waals surface area contributed by atoms with Gasteiger partial charge in [0.1, 0.15) is 6.54 Å². The fraction of sp³-hybridized carbons (Fsp3) is 0.235. The molecule has 7 heteroatoms. The van der Waals surface area contributed by atoms with Gasteiger partial charge in [0.2, 0.25) is 0 Å². The van der Waals surface area contributed by atoms with Gasteiger partial charge in [-0.25, -0.2) is 13.2 Å². The molecule has 2 aromatic rings. The van der Waals surface area contributed by atoms with Crippen molar-refractivity contribution in [1.29, 1.82) is 0 Å². The molecular weight excluding hydrogens is 341 g/mol. The smallest absolute Gasteiger partial charge is 0.282 e. The van der Waals surface area contributed by atoms with Gasteiger partial charge in [0.05, 0.1) is 12.7 Å². The Balaban J connectivity index is 2.05. The van der Waals surface area contributed by atoms with Gasteiger partial charge >= 0.3 is 0 Å².